The van der Waals surface area contributed by atoms with E-state index in [-0.39, 0.29) is 0 Å². The van der Waals surface area contributed by atoms with Crippen LogP contribution in [-0.4, -0.2) is 6.04 Å². The van der Waals surface area contributed by atoms with Crippen LogP contribution in [0.3, 0.4) is 0 Å². The average Bonchev–Trinajstić information content (AvgIpc) is 2.16. The van der Waals surface area contributed by atoms with Crippen LogP contribution in [0.5, 0.6) is 0 Å². The van der Waals surface area contributed by atoms with E-state index in [9.17, 15) is 0 Å². The van der Waals surface area contributed by atoms with Crippen molar-refractivity contribution >= 4 is 15.9 Å². The van der Waals surface area contributed by atoms with Crippen molar-refractivity contribution < 1.29 is 0 Å². The predicted molar refractivity (Wildman–Crippen MR) is 74.6 cm³/mol. The molecule has 1 rings (SSSR count). The van der Waals surface area contributed by atoms with Gasteiger partial charge in [-0.05, 0) is 37.8 Å². The van der Waals surface area contributed by atoms with Crippen molar-refractivity contribution in [3.8, 4) is 0 Å². The zero-order valence-corrected chi connectivity index (χ0v) is 12.2. The van der Waals surface area contributed by atoms with Crippen LogP contribution in [-0.2, 0) is 0 Å². The fraction of sp³-hybridized carbons (Fsp3) is 0.571. The van der Waals surface area contributed by atoms with Gasteiger partial charge in [-0.25, -0.2) is 0 Å². The van der Waals surface area contributed by atoms with Crippen LogP contribution in [0.15, 0.2) is 28.7 Å². The lowest BCUT2D eigenvalue weighted by Gasteiger charge is -2.22. The largest absolute Gasteiger partial charge is 0.308 e. The summed E-state index contributed by atoms with van der Waals surface area (Å²) in [4.78, 5) is 0. The van der Waals surface area contributed by atoms with Crippen LogP contribution >= 0.6 is 15.9 Å². The summed E-state index contributed by atoms with van der Waals surface area (Å²) in [7, 11) is 0. The summed E-state index contributed by atoms with van der Waals surface area (Å²) in [5, 5.41) is 3.64. The van der Waals surface area contributed by atoms with Crippen LogP contribution in [0.1, 0.15) is 45.7 Å². The zero-order valence-electron chi connectivity index (χ0n) is 10.6. The Morgan fingerprint density at radius 3 is 2.31 bits per heavy atom. The van der Waals surface area contributed by atoms with E-state index in [1.54, 1.807) is 0 Å². The standard InChI is InChI=1S/C14H22BrN/c1-10(2)9-11(3)16-12(4)13-7-5-6-8-14(13)15/h5-8,10-12,16H,9H2,1-4H3/t11?,12-/m0/s1. The number of nitrogens with one attached hydrogen (secondary N) is 1. The summed E-state index contributed by atoms with van der Waals surface area (Å²) in [6.45, 7) is 9.01. The van der Waals surface area contributed by atoms with E-state index in [0.29, 0.717) is 12.1 Å². The highest BCUT2D eigenvalue weighted by Crippen LogP contribution is 2.23. The fourth-order valence-corrected chi connectivity index (χ4v) is 2.75. The van der Waals surface area contributed by atoms with Gasteiger partial charge >= 0.3 is 0 Å². The highest BCUT2D eigenvalue weighted by Gasteiger charge is 2.12. The molecule has 2 heteroatoms. The van der Waals surface area contributed by atoms with Crippen LogP contribution in [0, 0.1) is 5.92 Å². The summed E-state index contributed by atoms with van der Waals surface area (Å²) < 4.78 is 1.19. The normalized spacial score (nSPS) is 15.1. The molecule has 0 fully saturated rings. The summed E-state index contributed by atoms with van der Waals surface area (Å²) in [5.74, 6) is 0.744. The van der Waals surface area contributed by atoms with Gasteiger partial charge in [-0.15, -0.1) is 0 Å². The van der Waals surface area contributed by atoms with E-state index < -0.39 is 0 Å². The van der Waals surface area contributed by atoms with E-state index in [4.69, 9.17) is 0 Å². The first-order valence-electron chi connectivity index (χ1n) is 6.01. The Balaban J connectivity index is 2.58. The number of hydrogen-bond donors (Lipinski definition) is 1. The molecule has 0 radical (unpaired) electrons. The number of hydrogen-bond acceptors (Lipinski definition) is 1. The molecule has 1 unspecified atom stereocenters. The van der Waals surface area contributed by atoms with Gasteiger partial charge in [0.15, 0.2) is 0 Å². The minimum absolute atomic E-state index is 0.393. The predicted octanol–water partition coefficient (Wildman–Crippen LogP) is 4.53. The summed E-state index contributed by atoms with van der Waals surface area (Å²) in [6, 6.07) is 9.36. The molecular weight excluding hydrogens is 262 g/mol. The fourth-order valence-electron chi connectivity index (χ4n) is 2.12. The maximum absolute atomic E-state index is 3.64. The number of benzene rings is 1. The molecule has 0 aromatic heterocycles. The van der Waals surface area contributed by atoms with E-state index in [1.807, 2.05) is 0 Å². The SMILES string of the molecule is CC(C)CC(C)N[C@@H](C)c1ccccc1Br. The molecule has 0 aliphatic carbocycles. The quantitative estimate of drug-likeness (QED) is 0.837. The molecular formula is C14H22BrN. The monoisotopic (exact) mass is 283 g/mol. The summed E-state index contributed by atoms with van der Waals surface area (Å²) >= 11 is 3.60. The Kier molecular flexibility index (Phi) is 5.50. The Labute approximate surface area is 108 Å². The van der Waals surface area contributed by atoms with E-state index in [2.05, 4.69) is 73.2 Å². The van der Waals surface area contributed by atoms with Gasteiger partial charge < -0.3 is 5.32 Å². The molecule has 1 aromatic rings. The van der Waals surface area contributed by atoms with Crippen LogP contribution in [0.2, 0.25) is 0 Å². The Morgan fingerprint density at radius 1 is 1.12 bits per heavy atom. The minimum atomic E-state index is 0.393. The van der Waals surface area contributed by atoms with Crippen molar-refractivity contribution in [3.05, 3.63) is 34.3 Å². The number of halogens is 1. The topological polar surface area (TPSA) is 12.0 Å². The molecule has 1 nitrogen and oxygen atoms in total. The zero-order chi connectivity index (χ0) is 12.1. The molecule has 0 aliphatic heterocycles. The molecule has 2 atom stereocenters. The highest BCUT2D eigenvalue weighted by molar-refractivity contribution is 9.10. The van der Waals surface area contributed by atoms with Crippen LogP contribution < -0.4 is 5.32 Å². The van der Waals surface area contributed by atoms with Crippen molar-refractivity contribution in [1.29, 1.82) is 0 Å². The maximum atomic E-state index is 3.64. The first kappa shape index (κ1) is 13.7. The van der Waals surface area contributed by atoms with Crippen molar-refractivity contribution in [2.24, 2.45) is 5.92 Å². The van der Waals surface area contributed by atoms with Crippen LogP contribution in [0.4, 0.5) is 0 Å². The Hall–Kier alpha value is -0.340. The smallest absolute Gasteiger partial charge is 0.0305 e. The molecule has 1 aromatic carbocycles. The molecule has 0 aliphatic rings. The lowest BCUT2D eigenvalue weighted by Crippen LogP contribution is -2.30. The molecule has 0 heterocycles. The molecule has 1 N–H and O–H groups in total. The molecule has 16 heavy (non-hydrogen) atoms. The summed E-state index contributed by atoms with van der Waals surface area (Å²) in [6.07, 6.45) is 1.22. The Morgan fingerprint density at radius 2 is 1.75 bits per heavy atom. The third-order valence-electron chi connectivity index (χ3n) is 2.73. The lowest BCUT2D eigenvalue weighted by atomic mass is 10.0. The second-order valence-electron chi connectivity index (χ2n) is 4.94. The summed E-state index contributed by atoms with van der Waals surface area (Å²) in [5.41, 5.74) is 1.33. The van der Waals surface area contributed by atoms with E-state index in [1.165, 1.54) is 16.5 Å². The molecule has 0 saturated heterocycles. The average molecular weight is 284 g/mol. The van der Waals surface area contributed by atoms with Gasteiger partial charge in [0.25, 0.3) is 0 Å². The highest BCUT2D eigenvalue weighted by atomic mass is 79.9. The van der Waals surface area contributed by atoms with Crippen molar-refractivity contribution in [1.82, 2.24) is 5.32 Å². The molecule has 0 bridgehead atoms. The van der Waals surface area contributed by atoms with Gasteiger partial charge in [0.1, 0.15) is 0 Å². The van der Waals surface area contributed by atoms with Crippen molar-refractivity contribution in [3.63, 3.8) is 0 Å². The van der Waals surface area contributed by atoms with Crippen molar-refractivity contribution in [2.45, 2.75) is 46.2 Å². The van der Waals surface area contributed by atoms with Gasteiger partial charge in [0.2, 0.25) is 0 Å². The molecule has 90 valence electrons. The lowest BCUT2D eigenvalue weighted by molar-refractivity contribution is 0.406. The van der Waals surface area contributed by atoms with Gasteiger partial charge in [0, 0.05) is 16.6 Å². The van der Waals surface area contributed by atoms with Gasteiger partial charge in [0.05, 0.1) is 0 Å². The molecule has 0 saturated carbocycles. The maximum Gasteiger partial charge on any atom is 0.0305 e. The first-order chi connectivity index (χ1) is 7.50. The van der Waals surface area contributed by atoms with E-state index >= 15 is 0 Å². The first-order valence-corrected chi connectivity index (χ1v) is 6.80. The van der Waals surface area contributed by atoms with Gasteiger partial charge in [-0.1, -0.05) is 48.0 Å². The molecule has 0 amide bonds. The minimum Gasteiger partial charge on any atom is -0.308 e. The Bertz CT molecular complexity index is 322. The van der Waals surface area contributed by atoms with Crippen molar-refractivity contribution in [2.75, 3.05) is 0 Å². The molecule has 0 spiro atoms. The van der Waals surface area contributed by atoms with Gasteiger partial charge in [-0.3, -0.25) is 0 Å². The second-order valence-corrected chi connectivity index (χ2v) is 5.79. The van der Waals surface area contributed by atoms with Crippen LogP contribution in [0.25, 0.3) is 0 Å². The van der Waals surface area contributed by atoms with Gasteiger partial charge in [-0.2, -0.15) is 0 Å². The second kappa shape index (κ2) is 6.41. The number of rotatable bonds is 5. The third-order valence-corrected chi connectivity index (χ3v) is 3.45. The third kappa shape index (κ3) is 4.26. The van der Waals surface area contributed by atoms with E-state index in [0.717, 1.165) is 5.92 Å².